The van der Waals surface area contributed by atoms with Crippen LogP contribution in [0, 0.1) is 6.92 Å². The lowest BCUT2D eigenvalue weighted by molar-refractivity contribution is -0.134. The molecular formula is C17H16N4O2. The number of rotatable bonds is 5. The Balaban J connectivity index is 1.96. The molecule has 3 rings (SSSR count). The van der Waals surface area contributed by atoms with Crippen LogP contribution in [0.3, 0.4) is 0 Å². The summed E-state index contributed by atoms with van der Waals surface area (Å²) in [6.45, 7) is 1.81. The van der Waals surface area contributed by atoms with Gasteiger partial charge in [-0.3, -0.25) is 4.79 Å². The van der Waals surface area contributed by atoms with Gasteiger partial charge in [0, 0.05) is 11.1 Å². The number of aryl methyl sites for hydroxylation is 1. The first-order valence-electron chi connectivity index (χ1n) is 7.18. The summed E-state index contributed by atoms with van der Waals surface area (Å²) in [4.78, 5) is 19.7. The third kappa shape index (κ3) is 3.55. The average Bonchev–Trinajstić information content (AvgIpc) is 2.54. The van der Waals surface area contributed by atoms with Gasteiger partial charge < -0.3 is 15.7 Å². The fourth-order valence-electron chi connectivity index (χ4n) is 2.19. The molecule has 116 valence electrons. The van der Waals surface area contributed by atoms with Gasteiger partial charge >= 0.3 is 5.97 Å². The molecule has 0 spiro atoms. The van der Waals surface area contributed by atoms with Crippen LogP contribution < -0.4 is 10.6 Å². The number of carbonyl (C=O) groups is 1. The molecule has 23 heavy (non-hydrogen) atoms. The Morgan fingerprint density at radius 3 is 2.57 bits per heavy atom. The van der Waals surface area contributed by atoms with Crippen LogP contribution in [0.4, 0.5) is 17.5 Å². The maximum Gasteiger partial charge on any atom is 0.322 e. The predicted molar refractivity (Wildman–Crippen MR) is 90.1 cm³/mol. The average molecular weight is 308 g/mol. The van der Waals surface area contributed by atoms with Crippen molar-refractivity contribution >= 4 is 34.3 Å². The Bertz CT molecular complexity index is 847. The van der Waals surface area contributed by atoms with Crippen molar-refractivity contribution in [1.82, 2.24) is 9.97 Å². The molecule has 0 saturated carbocycles. The number of para-hydroxylation sites is 1. The van der Waals surface area contributed by atoms with E-state index in [0.29, 0.717) is 11.8 Å². The molecule has 0 radical (unpaired) electrons. The van der Waals surface area contributed by atoms with Gasteiger partial charge in [-0.1, -0.05) is 29.8 Å². The third-order valence-corrected chi connectivity index (χ3v) is 3.32. The van der Waals surface area contributed by atoms with Crippen molar-refractivity contribution in [2.75, 3.05) is 17.2 Å². The first-order chi connectivity index (χ1) is 11.1. The fraction of sp³-hybridized carbons (Fsp3) is 0.118. The number of nitrogens with zero attached hydrogens (tertiary/aromatic N) is 2. The number of hydrogen-bond acceptors (Lipinski definition) is 5. The highest BCUT2D eigenvalue weighted by molar-refractivity contribution is 5.91. The first kappa shape index (κ1) is 14.8. The minimum Gasteiger partial charge on any atom is -0.480 e. The third-order valence-electron chi connectivity index (χ3n) is 3.32. The molecule has 0 unspecified atom stereocenters. The minimum absolute atomic E-state index is 0.203. The number of anilines is 3. The van der Waals surface area contributed by atoms with Gasteiger partial charge in [-0.15, -0.1) is 0 Å². The van der Waals surface area contributed by atoms with Crippen molar-refractivity contribution in [1.29, 1.82) is 0 Å². The summed E-state index contributed by atoms with van der Waals surface area (Å²) in [7, 11) is 0. The molecule has 1 aromatic heterocycles. The molecule has 0 amide bonds. The second-order valence-corrected chi connectivity index (χ2v) is 5.15. The van der Waals surface area contributed by atoms with Gasteiger partial charge in [-0.2, -0.15) is 4.98 Å². The summed E-state index contributed by atoms with van der Waals surface area (Å²) in [6, 6.07) is 15.3. The zero-order valence-electron chi connectivity index (χ0n) is 12.6. The van der Waals surface area contributed by atoms with Crippen molar-refractivity contribution in [3.8, 4) is 0 Å². The van der Waals surface area contributed by atoms with Crippen LogP contribution in [0.15, 0.2) is 48.5 Å². The van der Waals surface area contributed by atoms with E-state index < -0.39 is 5.97 Å². The topological polar surface area (TPSA) is 87.1 Å². The van der Waals surface area contributed by atoms with Crippen LogP contribution in [0.2, 0.25) is 0 Å². The second-order valence-electron chi connectivity index (χ2n) is 5.15. The summed E-state index contributed by atoms with van der Waals surface area (Å²) in [5, 5.41) is 15.6. The lowest BCUT2D eigenvalue weighted by Crippen LogP contribution is -2.14. The molecule has 0 saturated heterocycles. The van der Waals surface area contributed by atoms with Gasteiger partial charge in [0.2, 0.25) is 5.95 Å². The molecule has 2 aromatic carbocycles. The zero-order chi connectivity index (χ0) is 16.2. The van der Waals surface area contributed by atoms with Crippen molar-refractivity contribution in [2.45, 2.75) is 6.92 Å². The molecule has 3 N–H and O–H groups in total. The Morgan fingerprint density at radius 2 is 1.83 bits per heavy atom. The molecule has 6 nitrogen and oxygen atoms in total. The number of aliphatic carboxylic acids is 1. The molecule has 1 heterocycles. The van der Waals surface area contributed by atoms with Gasteiger partial charge in [-0.25, -0.2) is 4.98 Å². The molecule has 0 aliphatic rings. The van der Waals surface area contributed by atoms with E-state index in [4.69, 9.17) is 5.11 Å². The monoisotopic (exact) mass is 308 g/mol. The second kappa shape index (κ2) is 6.31. The molecule has 6 heteroatoms. The van der Waals surface area contributed by atoms with Gasteiger partial charge in [-0.05, 0) is 31.2 Å². The number of aromatic nitrogens is 2. The number of carboxylic acid groups (broad SMARTS) is 1. The van der Waals surface area contributed by atoms with Crippen LogP contribution >= 0.6 is 0 Å². The first-order valence-corrected chi connectivity index (χ1v) is 7.18. The molecular weight excluding hydrogens is 292 g/mol. The van der Waals surface area contributed by atoms with Crippen molar-refractivity contribution in [3.05, 3.63) is 54.1 Å². The minimum atomic E-state index is -0.944. The van der Waals surface area contributed by atoms with Crippen molar-refractivity contribution < 1.29 is 9.90 Å². The Kier molecular flexibility index (Phi) is 4.05. The molecule has 0 aliphatic carbocycles. The summed E-state index contributed by atoms with van der Waals surface area (Å²) < 4.78 is 0. The highest BCUT2D eigenvalue weighted by Crippen LogP contribution is 2.23. The normalized spacial score (nSPS) is 10.5. The van der Waals surface area contributed by atoms with E-state index in [1.165, 1.54) is 5.56 Å². The van der Waals surface area contributed by atoms with Crippen LogP contribution in [0.25, 0.3) is 10.9 Å². The predicted octanol–water partition coefficient (Wildman–Crippen LogP) is 3.18. The highest BCUT2D eigenvalue weighted by atomic mass is 16.4. The molecule has 3 aromatic rings. The largest absolute Gasteiger partial charge is 0.480 e. The van der Waals surface area contributed by atoms with Crippen molar-refractivity contribution in [3.63, 3.8) is 0 Å². The van der Waals surface area contributed by atoms with E-state index in [1.54, 1.807) is 0 Å². The molecule has 0 atom stereocenters. The lowest BCUT2D eigenvalue weighted by atomic mass is 10.2. The van der Waals surface area contributed by atoms with Crippen LogP contribution in [-0.4, -0.2) is 27.6 Å². The molecule has 0 fully saturated rings. The van der Waals surface area contributed by atoms with Gasteiger partial charge in [0.05, 0.1) is 5.52 Å². The van der Waals surface area contributed by atoms with E-state index in [9.17, 15) is 4.79 Å². The van der Waals surface area contributed by atoms with E-state index in [2.05, 4.69) is 20.6 Å². The maximum atomic E-state index is 10.8. The Hall–Kier alpha value is -3.15. The molecule has 0 bridgehead atoms. The number of hydrogen-bond donors (Lipinski definition) is 3. The van der Waals surface area contributed by atoms with Crippen LogP contribution in [-0.2, 0) is 4.79 Å². The van der Waals surface area contributed by atoms with Crippen LogP contribution in [0.1, 0.15) is 5.56 Å². The maximum absolute atomic E-state index is 10.8. The van der Waals surface area contributed by atoms with E-state index in [-0.39, 0.29) is 6.54 Å². The number of carboxylic acids is 1. The summed E-state index contributed by atoms with van der Waals surface area (Å²) in [5.41, 5.74) is 2.78. The van der Waals surface area contributed by atoms with E-state index >= 15 is 0 Å². The van der Waals surface area contributed by atoms with E-state index in [1.807, 2.05) is 55.5 Å². The number of nitrogens with one attached hydrogen (secondary N) is 2. The summed E-state index contributed by atoms with van der Waals surface area (Å²) in [6.07, 6.45) is 0. The smallest absolute Gasteiger partial charge is 0.322 e. The SMILES string of the molecule is Cc1ccc(Nc2nc(NCC(=O)O)c3ccccc3n2)cc1. The van der Waals surface area contributed by atoms with E-state index in [0.717, 1.165) is 16.6 Å². The zero-order valence-corrected chi connectivity index (χ0v) is 12.6. The standard InChI is InChI=1S/C17H16N4O2/c1-11-6-8-12(9-7-11)19-17-20-14-5-3-2-4-13(14)16(21-17)18-10-15(22)23/h2-9H,10H2,1H3,(H,22,23)(H2,18,19,20,21). The van der Waals surface area contributed by atoms with Crippen LogP contribution in [0.5, 0.6) is 0 Å². The van der Waals surface area contributed by atoms with Gasteiger partial charge in [0.25, 0.3) is 0 Å². The summed E-state index contributed by atoms with van der Waals surface area (Å²) in [5.74, 6) is -0.0335. The number of fused-ring (bicyclic) bond motifs is 1. The van der Waals surface area contributed by atoms with Crippen molar-refractivity contribution in [2.24, 2.45) is 0 Å². The van der Waals surface area contributed by atoms with Gasteiger partial charge in [0.1, 0.15) is 12.4 Å². The summed E-state index contributed by atoms with van der Waals surface area (Å²) >= 11 is 0. The Morgan fingerprint density at radius 1 is 1.09 bits per heavy atom. The highest BCUT2D eigenvalue weighted by Gasteiger charge is 2.08. The molecule has 0 aliphatic heterocycles. The Labute approximate surface area is 133 Å². The number of benzene rings is 2. The lowest BCUT2D eigenvalue weighted by Gasteiger charge is -2.11. The fourth-order valence-corrected chi connectivity index (χ4v) is 2.19. The quantitative estimate of drug-likeness (QED) is 0.671. The van der Waals surface area contributed by atoms with Gasteiger partial charge in [0.15, 0.2) is 0 Å².